The second kappa shape index (κ2) is 5.16. The molecule has 0 atom stereocenters. The number of rotatable bonds is 2. The van der Waals surface area contributed by atoms with Gasteiger partial charge in [0, 0.05) is 23.4 Å². The van der Waals surface area contributed by atoms with Gasteiger partial charge in [-0.05, 0) is 42.0 Å². The average molecular weight is 285 g/mol. The van der Waals surface area contributed by atoms with Crippen molar-refractivity contribution in [1.29, 1.82) is 5.26 Å². The number of hydrazine groups is 1. The van der Waals surface area contributed by atoms with Crippen molar-refractivity contribution in [2.75, 3.05) is 12.1 Å². The van der Waals surface area contributed by atoms with E-state index in [9.17, 15) is 4.39 Å². The van der Waals surface area contributed by atoms with Crippen molar-refractivity contribution in [2.24, 2.45) is 0 Å². The number of benzene rings is 2. The zero-order chi connectivity index (χ0) is 14.1. The minimum absolute atomic E-state index is 0.366. The second-order valence-electron chi connectivity index (χ2n) is 4.54. The van der Waals surface area contributed by atoms with Gasteiger partial charge in [0.25, 0.3) is 0 Å². The van der Waals surface area contributed by atoms with Gasteiger partial charge in [-0.3, -0.25) is 0 Å². The summed E-state index contributed by atoms with van der Waals surface area (Å²) in [6.45, 7) is 0.800. The Kier molecular flexibility index (Phi) is 3.35. The molecule has 1 aliphatic rings. The van der Waals surface area contributed by atoms with Crippen molar-refractivity contribution in [1.82, 2.24) is 5.43 Å². The number of fused-ring (bicyclic) bond motifs is 1. The van der Waals surface area contributed by atoms with Gasteiger partial charge < -0.3 is 5.01 Å². The molecular weight excluding hydrogens is 273 g/mol. The molecule has 0 amide bonds. The summed E-state index contributed by atoms with van der Waals surface area (Å²) >= 11 is 1.48. The number of halogens is 1. The molecule has 0 aliphatic carbocycles. The van der Waals surface area contributed by atoms with Gasteiger partial charge in [-0.15, -0.1) is 0 Å². The molecule has 100 valence electrons. The Labute approximate surface area is 121 Å². The highest BCUT2D eigenvalue weighted by Gasteiger charge is 2.15. The van der Waals surface area contributed by atoms with Crippen molar-refractivity contribution < 1.29 is 4.39 Å². The lowest BCUT2D eigenvalue weighted by Gasteiger charge is -2.12. The highest BCUT2D eigenvalue weighted by molar-refractivity contribution is 7.99. The van der Waals surface area contributed by atoms with Crippen molar-refractivity contribution in [3.05, 3.63) is 53.3 Å². The Morgan fingerprint density at radius 3 is 2.95 bits per heavy atom. The minimum atomic E-state index is -0.384. The molecule has 0 spiro atoms. The van der Waals surface area contributed by atoms with Crippen LogP contribution in [0.4, 0.5) is 10.1 Å². The van der Waals surface area contributed by atoms with E-state index in [1.807, 2.05) is 30.3 Å². The monoisotopic (exact) mass is 285 g/mol. The van der Waals surface area contributed by atoms with E-state index in [0.717, 1.165) is 22.0 Å². The molecule has 3 nitrogen and oxygen atoms in total. The fourth-order valence-corrected chi connectivity index (χ4v) is 3.13. The van der Waals surface area contributed by atoms with E-state index in [0.29, 0.717) is 5.56 Å². The van der Waals surface area contributed by atoms with Gasteiger partial charge in [-0.25, -0.2) is 9.82 Å². The van der Waals surface area contributed by atoms with Crippen LogP contribution < -0.4 is 10.4 Å². The number of nitrogens with one attached hydrogen (secondary N) is 1. The molecule has 20 heavy (non-hydrogen) atoms. The zero-order valence-electron chi connectivity index (χ0n) is 10.9. The third kappa shape index (κ3) is 2.36. The number of nitrogens with zero attached hydrogens (tertiary/aromatic N) is 2. The molecule has 0 aromatic heterocycles. The first-order valence-corrected chi connectivity index (χ1v) is 6.96. The van der Waals surface area contributed by atoms with Crippen LogP contribution in [0.5, 0.6) is 0 Å². The zero-order valence-corrected chi connectivity index (χ0v) is 11.7. The van der Waals surface area contributed by atoms with Gasteiger partial charge in [-0.2, -0.15) is 5.26 Å². The highest BCUT2D eigenvalue weighted by atomic mass is 32.2. The van der Waals surface area contributed by atoms with Crippen LogP contribution in [0.3, 0.4) is 0 Å². The van der Waals surface area contributed by atoms with Gasteiger partial charge in [0.15, 0.2) is 0 Å². The van der Waals surface area contributed by atoms with Gasteiger partial charge in [-0.1, -0.05) is 11.8 Å². The third-order valence-corrected chi connectivity index (χ3v) is 4.27. The molecular formula is C15H12FN3S. The topological polar surface area (TPSA) is 39.1 Å². The quantitative estimate of drug-likeness (QED) is 0.919. The van der Waals surface area contributed by atoms with Crippen molar-refractivity contribution in [3.63, 3.8) is 0 Å². The lowest BCUT2D eigenvalue weighted by Crippen LogP contribution is -2.26. The first kappa shape index (κ1) is 13.0. The number of hydrogen-bond donors (Lipinski definition) is 1. The van der Waals surface area contributed by atoms with Crippen LogP contribution in [0, 0.1) is 17.1 Å². The molecule has 0 fully saturated rings. The Morgan fingerprint density at radius 2 is 2.15 bits per heavy atom. The standard InChI is InChI=1S/C15H12FN3S/c1-19-14-4-3-13(7-11(14)9-18-19)20-15-5-2-12(16)6-10(15)8-17/h2-7,18H,9H2,1H3. The summed E-state index contributed by atoms with van der Waals surface area (Å²) in [5.74, 6) is -0.384. The van der Waals surface area contributed by atoms with Crippen LogP contribution in [-0.2, 0) is 6.54 Å². The third-order valence-electron chi connectivity index (χ3n) is 3.21. The molecule has 5 heteroatoms. The summed E-state index contributed by atoms with van der Waals surface area (Å²) in [4.78, 5) is 1.82. The molecule has 2 aromatic carbocycles. The van der Waals surface area contributed by atoms with Crippen molar-refractivity contribution in [3.8, 4) is 6.07 Å². The van der Waals surface area contributed by atoms with Gasteiger partial charge in [0.2, 0.25) is 0 Å². The SMILES string of the molecule is CN1NCc2cc(Sc3ccc(F)cc3C#N)ccc21. The molecule has 0 radical (unpaired) electrons. The Bertz CT molecular complexity index is 709. The number of anilines is 1. The predicted octanol–water partition coefficient (Wildman–Crippen LogP) is 3.30. The summed E-state index contributed by atoms with van der Waals surface area (Å²) in [5, 5.41) is 11.1. The van der Waals surface area contributed by atoms with E-state index in [2.05, 4.69) is 11.5 Å². The van der Waals surface area contributed by atoms with E-state index >= 15 is 0 Å². The van der Waals surface area contributed by atoms with E-state index in [1.165, 1.54) is 29.5 Å². The van der Waals surface area contributed by atoms with E-state index in [4.69, 9.17) is 5.26 Å². The lowest BCUT2D eigenvalue weighted by molar-refractivity contribution is 0.626. The number of nitriles is 1. The predicted molar refractivity (Wildman–Crippen MR) is 76.9 cm³/mol. The van der Waals surface area contributed by atoms with Crippen LogP contribution in [0.1, 0.15) is 11.1 Å². The summed E-state index contributed by atoms with van der Waals surface area (Å²) < 4.78 is 13.1. The molecule has 0 bridgehead atoms. The second-order valence-corrected chi connectivity index (χ2v) is 5.65. The van der Waals surface area contributed by atoms with Gasteiger partial charge >= 0.3 is 0 Å². The summed E-state index contributed by atoms with van der Waals surface area (Å²) in [6.07, 6.45) is 0. The molecule has 2 aromatic rings. The fourth-order valence-electron chi connectivity index (χ4n) is 2.19. The van der Waals surface area contributed by atoms with E-state index < -0.39 is 0 Å². The Balaban J connectivity index is 1.91. The fraction of sp³-hybridized carbons (Fsp3) is 0.133. The maximum absolute atomic E-state index is 13.1. The average Bonchev–Trinajstić information content (AvgIpc) is 2.82. The van der Waals surface area contributed by atoms with Crippen molar-refractivity contribution >= 4 is 17.4 Å². The van der Waals surface area contributed by atoms with Crippen molar-refractivity contribution in [2.45, 2.75) is 16.3 Å². The lowest BCUT2D eigenvalue weighted by atomic mass is 10.2. The molecule has 0 saturated carbocycles. The first-order chi connectivity index (χ1) is 9.67. The molecule has 1 heterocycles. The van der Waals surface area contributed by atoms with Crippen LogP contribution in [0.25, 0.3) is 0 Å². The van der Waals surface area contributed by atoms with Crippen LogP contribution >= 0.6 is 11.8 Å². The highest BCUT2D eigenvalue weighted by Crippen LogP contribution is 2.34. The van der Waals surface area contributed by atoms with E-state index in [1.54, 1.807) is 6.07 Å². The first-order valence-electron chi connectivity index (χ1n) is 6.15. The Morgan fingerprint density at radius 1 is 1.30 bits per heavy atom. The largest absolute Gasteiger partial charge is 0.311 e. The maximum atomic E-state index is 13.1. The van der Waals surface area contributed by atoms with Gasteiger partial charge in [0.1, 0.15) is 11.9 Å². The van der Waals surface area contributed by atoms with Crippen LogP contribution in [0.2, 0.25) is 0 Å². The van der Waals surface area contributed by atoms with Gasteiger partial charge in [0.05, 0.1) is 11.3 Å². The van der Waals surface area contributed by atoms with Crippen LogP contribution in [0.15, 0.2) is 46.2 Å². The normalized spacial score (nSPS) is 13.2. The summed E-state index contributed by atoms with van der Waals surface area (Å²) in [6, 6.07) is 12.5. The molecule has 3 rings (SSSR count). The molecule has 0 unspecified atom stereocenters. The molecule has 1 N–H and O–H groups in total. The maximum Gasteiger partial charge on any atom is 0.124 e. The molecule has 1 aliphatic heterocycles. The number of hydrogen-bond acceptors (Lipinski definition) is 4. The summed E-state index contributed by atoms with van der Waals surface area (Å²) in [5.41, 5.74) is 5.98. The Hall–Kier alpha value is -2.03. The molecule has 0 saturated heterocycles. The van der Waals surface area contributed by atoms with E-state index in [-0.39, 0.29) is 5.82 Å². The smallest absolute Gasteiger partial charge is 0.124 e. The van der Waals surface area contributed by atoms with Crippen LogP contribution in [-0.4, -0.2) is 7.05 Å². The summed E-state index contributed by atoms with van der Waals surface area (Å²) in [7, 11) is 1.98. The minimum Gasteiger partial charge on any atom is -0.311 e.